The molecule has 3 rings (SSSR count). The van der Waals surface area contributed by atoms with Gasteiger partial charge in [-0.25, -0.2) is 9.78 Å². The van der Waals surface area contributed by atoms with Crippen LogP contribution in [0.25, 0.3) is 11.0 Å². The van der Waals surface area contributed by atoms with E-state index >= 15 is 0 Å². The molecule has 10 heteroatoms. The Morgan fingerprint density at radius 1 is 1.11 bits per heavy atom. The first-order valence-electron chi connectivity index (χ1n) is 8.17. The van der Waals surface area contributed by atoms with E-state index in [-0.39, 0.29) is 11.9 Å². The Hall–Kier alpha value is -3.43. The molecular weight excluding hydrogens is 377 g/mol. The normalized spacial score (nSPS) is 11.6. The van der Waals surface area contributed by atoms with Crippen LogP contribution >= 0.6 is 0 Å². The molecule has 1 N–H and O–H groups in total. The second-order valence-electron chi connectivity index (χ2n) is 6.06. The number of hydrogen-bond donors (Lipinski definition) is 1. The maximum absolute atomic E-state index is 12.8. The van der Waals surface area contributed by atoms with Crippen molar-refractivity contribution in [3.8, 4) is 0 Å². The van der Waals surface area contributed by atoms with Crippen molar-refractivity contribution in [2.75, 3.05) is 0 Å². The van der Waals surface area contributed by atoms with Crippen LogP contribution in [0.2, 0.25) is 0 Å². The van der Waals surface area contributed by atoms with Gasteiger partial charge in [0.2, 0.25) is 5.91 Å². The first kappa shape index (κ1) is 19.3. The van der Waals surface area contributed by atoms with Gasteiger partial charge in [0.1, 0.15) is 17.9 Å². The van der Waals surface area contributed by atoms with Gasteiger partial charge in [-0.05, 0) is 17.7 Å². The van der Waals surface area contributed by atoms with Crippen molar-refractivity contribution in [1.82, 2.24) is 19.4 Å². The largest absolute Gasteiger partial charge is 0.433 e. The van der Waals surface area contributed by atoms with E-state index in [4.69, 9.17) is 0 Å². The van der Waals surface area contributed by atoms with Crippen LogP contribution in [0, 0.1) is 0 Å². The lowest BCUT2D eigenvalue weighted by molar-refractivity contribution is -0.141. The van der Waals surface area contributed by atoms with Gasteiger partial charge < -0.3 is 5.32 Å². The number of benzene rings is 1. The molecule has 3 aromatic rings. The minimum absolute atomic E-state index is 0.189. The number of hydrogen-bond acceptors (Lipinski definition) is 4. The van der Waals surface area contributed by atoms with Gasteiger partial charge >= 0.3 is 11.9 Å². The Morgan fingerprint density at radius 2 is 1.79 bits per heavy atom. The summed E-state index contributed by atoms with van der Waals surface area (Å²) >= 11 is 0. The molecule has 0 spiro atoms. The van der Waals surface area contributed by atoms with Gasteiger partial charge in [-0.1, -0.05) is 30.3 Å². The fraction of sp³-hybridized carbons (Fsp3) is 0.222. The first-order valence-corrected chi connectivity index (χ1v) is 8.17. The van der Waals surface area contributed by atoms with Crippen molar-refractivity contribution < 1.29 is 18.0 Å². The van der Waals surface area contributed by atoms with Crippen molar-refractivity contribution in [1.29, 1.82) is 0 Å². The molecule has 1 aromatic carbocycles. The molecule has 0 aliphatic carbocycles. The Balaban J connectivity index is 1.92. The van der Waals surface area contributed by atoms with Crippen molar-refractivity contribution in [3.05, 3.63) is 74.6 Å². The molecule has 2 heterocycles. The van der Waals surface area contributed by atoms with Crippen molar-refractivity contribution in [2.24, 2.45) is 7.05 Å². The lowest BCUT2D eigenvalue weighted by atomic mass is 10.2. The molecule has 0 saturated heterocycles. The zero-order valence-electron chi connectivity index (χ0n) is 14.7. The number of halogens is 3. The van der Waals surface area contributed by atoms with Crippen LogP contribution in [0.15, 0.2) is 52.1 Å². The standard InChI is InChI=1S/C18H15F3N4O3/c1-24-15-12(7-8-13(23-15)18(19,20)21)16(27)25(17(24)28)10-14(26)22-9-11-5-3-2-4-6-11/h2-8H,9-10H2,1H3,(H,22,26). The van der Waals surface area contributed by atoms with Gasteiger partial charge in [-0.3, -0.25) is 18.7 Å². The van der Waals surface area contributed by atoms with Crippen LogP contribution in [0.5, 0.6) is 0 Å². The van der Waals surface area contributed by atoms with E-state index in [9.17, 15) is 27.6 Å². The highest BCUT2D eigenvalue weighted by molar-refractivity contribution is 5.77. The molecule has 0 saturated carbocycles. The van der Waals surface area contributed by atoms with Crippen molar-refractivity contribution >= 4 is 16.9 Å². The summed E-state index contributed by atoms with van der Waals surface area (Å²) in [6.07, 6.45) is -4.71. The van der Waals surface area contributed by atoms with Crippen LogP contribution in [0.3, 0.4) is 0 Å². The summed E-state index contributed by atoms with van der Waals surface area (Å²) in [7, 11) is 1.19. The number of amides is 1. The monoisotopic (exact) mass is 392 g/mol. The van der Waals surface area contributed by atoms with Crippen LogP contribution in [-0.2, 0) is 31.1 Å². The van der Waals surface area contributed by atoms with Gasteiger partial charge in [-0.2, -0.15) is 13.2 Å². The molecule has 0 unspecified atom stereocenters. The third-order valence-corrected chi connectivity index (χ3v) is 4.11. The fourth-order valence-corrected chi connectivity index (χ4v) is 2.67. The first-order chi connectivity index (χ1) is 13.2. The average Bonchev–Trinajstić information content (AvgIpc) is 2.67. The van der Waals surface area contributed by atoms with E-state index in [0.717, 1.165) is 16.2 Å². The lowest BCUT2D eigenvalue weighted by Crippen LogP contribution is -2.43. The molecule has 0 atom stereocenters. The topological polar surface area (TPSA) is 86.0 Å². The van der Waals surface area contributed by atoms with Crippen LogP contribution in [0.4, 0.5) is 13.2 Å². The SMILES string of the molecule is Cn1c(=O)n(CC(=O)NCc2ccccc2)c(=O)c2ccc(C(F)(F)F)nc21. The van der Waals surface area contributed by atoms with E-state index < -0.39 is 41.2 Å². The van der Waals surface area contributed by atoms with E-state index in [1.165, 1.54) is 7.05 Å². The maximum atomic E-state index is 12.8. The number of rotatable bonds is 4. The quantitative estimate of drug-likeness (QED) is 0.728. The van der Waals surface area contributed by atoms with Gasteiger partial charge in [-0.15, -0.1) is 0 Å². The molecule has 0 aliphatic heterocycles. The van der Waals surface area contributed by atoms with Gasteiger partial charge in [0.05, 0.1) is 5.39 Å². The Bertz CT molecular complexity index is 1150. The molecule has 2 aromatic heterocycles. The Labute approximate surface area is 156 Å². The number of aromatic nitrogens is 3. The second kappa shape index (κ2) is 7.29. The summed E-state index contributed by atoms with van der Waals surface area (Å²) < 4.78 is 40.0. The third-order valence-electron chi connectivity index (χ3n) is 4.11. The zero-order valence-corrected chi connectivity index (χ0v) is 14.7. The molecule has 0 radical (unpaired) electrons. The highest BCUT2D eigenvalue weighted by Crippen LogP contribution is 2.28. The molecule has 0 aliphatic rings. The minimum atomic E-state index is -4.71. The highest BCUT2D eigenvalue weighted by Gasteiger charge is 2.33. The predicted octanol–water partition coefficient (Wildman–Crippen LogP) is 1.43. The molecular formula is C18H15F3N4O3. The van der Waals surface area contributed by atoms with E-state index in [1.807, 2.05) is 6.07 Å². The Kier molecular flexibility index (Phi) is 5.04. The minimum Gasteiger partial charge on any atom is -0.350 e. The predicted molar refractivity (Wildman–Crippen MR) is 94.5 cm³/mol. The van der Waals surface area contributed by atoms with Gasteiger partial charge in [0, 0.05) is 13.6 Å². The fourth-order valence-electron chi connectivity index (χ4n) is 2.67. The number of carbonyl (C=O) groups excluding carboxylic acids is 1. The number of carbonyl (C=O) groups is 1. The molecule has 28 heavy (non-hydrogen) atoms. The lowest BCUT2D eigenvalue weighted by Gasteiger charge is -2.12. The van der Waals surface area contributed by atoms with Crippen molar-refractivity contribution in [2.45, 2.75) is 19.3 Å². The number of nitrogens with zero attached hydrogens (tertiary/aromatic N) is 3. The Morgan fingerprint density at radius 3 is 2.43 bits per heavy atom. The summed E-state index contributed by atoms with van der Waals surface area (Å²) in [5.41, 5.74) is -2.59. The van der Waals surface area contributed by atoms with E-state index in [1.54, 1.807) is 24.3 Å². The average molecular weight is 392 g/mol. The maximum Gasteiger partial charge on any atom is 0.433 e. The van der Waals surface area contributed by atoms with Crippen LogP contribution in [0.1, 0.15) is 11.3 Å². The molecule has 7 nitrogen and oxygen atoms in total. The summed E-state index contributed by atoms with van der Waals surface area (Å²) in [5.74, 6) is -0.581. The summed E-state index contributed by atoms with van der Waals surface area (Å²) in [5, 5.41) is 2.40. The summed E-state index contributed by atoms with van der Waals surface area (Å²) in [4.78, 5) is 40.4. The molecule has 0 fully saturated rings. The molecule has 0 bridgehead atoms. The number of pyridine rings is 1. The van der Waals surface area contributed by atoms with Crippen LogP contribution in [-0.4, -0.2) is 20.0 Å². The van der Waals surface area contributed by atoms with Crippen molar-refractivity contribution in [3.63, 3.8) is 0 Å². The summed E-state index contributed by atoms with van der Waals surface area (Å²) in [6, 6.07) is 10.6. The van der Waals surface area contributed by atoms with Crippen LogP contribution < -0.4 is 16.6 Å². The van der Waals surface area contributed by atoms with Gasteiger partial charge in [0.15, 0.2) is 0 Å². The smallest absolute Gasteiger partial charge is 0.350 e. The molecule has 1 amide bonds. The zero-order chi connectivity index (χ0) is 20.5. The number of fused-ring (bicyclic) bond motifs is 1. The second-order valence-corrected chi connectivity index (χ2v) is 6.06. The highest BCUT2D eigenvalue weighted by atomic mass is 19.4. The number of nitrogens with one attached hydrogen (secondary N) is 1. The van der Waals surface area contributed by atoms with E-state index in [2.05, 4.69) is 10.3 Å². The van der Waals surface area contributed by atoms with E-state index in [0.29, 0.717) is 10.6 Å². The number of alkyl halides is 3. The summed E-state index contributed by atoms with van der Waals surface area (Å²) in [6.45, 7) is -0.353. The molecule has 146 valence electrons. The third kappa shape index (κ3) is 3.80. The number of aryl methyl sites for hydroxylation is 1. The van der Waals surface area contributed by atoms with Gasteiger partial charge in [0.25, 0.3) is 5.56 Å².